The Labute approximate surface area is 190 Å². The van der Waals surface area contributed by atoms with Gasteiger partial charge in [0.2, 0.25) is 10.0 Å². The summed E-state index contributed by atoms with van der Waals surface area (Å²) in [5.74, 6) is -1.19. The number of alkyl halides is 3. The number of carbonyl (C=O) groups is 1. The van der Waals surface area contributed by atoms with Crippen LogP contribution in [0.5, 0.6) is 11.5 Å². The molecule has 1 saturated carbocycles. The quantitative estimate of drug-likeness (QED) is 0.592. The van der Waals surface area contributed by atoms with E-state index in [1.165, 1.54) is 37.4 Å². The molecular formula is C22H25F3N2O5S. The lowest BCUT2D eigenvalue weighted by molar-refractivity contribution is -0.274. The van der Waals surface area contributed by atoms with E-state index in [0.717, 1.165) is 31.4 Å². The Morgan fingerprint density at radius 3 is 2.42 bits per heavy atom. The highest BCUT2D eigenvalue weighted by Gasteiger charge is 2.33. The number of rotatable bonds is 7. The maximum absolute atomic E-state index is 13.1. The Morgan fingerprint density at radius 1 is 1.06 bits per heavy atom. The summed E-state index contributed by atoms with van der Waals surface area (Å²) in [5.41, 5.74) is -0.288. The van der Waals surface area contributed by atoms with E-state index < -0.39 is 28.0 Å². The second kappa shape index (κ2) is 10.0. The largest absolute Gasteiger partial charge is 0.573 e. The van der Waals surface area contributed by atoms with Gasteiger partial charge in [0.15, 0.2) is 5.75 Å². The molecule has 2 unspecified atom stereocenters. The number of amides is 1. The third kappa shape index (κ3) is 6.38. The highest BCUT2D eigenvalue weighted by molar-refractivity contribution is 7.89. The molecule has 33 heavy (non-hydrogen) atoms. The molecule has 2 N–H and O–H groups in total. The van der Waals surface area contributed by atoms with Crippen molar-refractivity contribution in [2.24, 2.45) is 5.92 Å². The molecular weight excluding hydrogens is 461 g/mol. The highest BCUT2D eigenvalue weighted by atomic mass is 32.2. The lowest BCUT2D eigenvalue weighted by Crippen LogP contribution is -2.41. The summed E-state index contributed by atoms with van der Waals surface area (Å²) in [6.07, 6.45) is -1.37. The maximum Gasteiger partial charge on any atom is 0.573 e. The molecule has 0 radical (unpaired) electrons. The number of anilines is 1. The molecule has 0 saturated heterocycles. The fourth-order valence-electron chi connectivity index (χ4n) is 3.76. The van der Waals surface area contributed by atoms with Gasteiger partial charge in [-0.1, -0.05) is 31.9 Å². The fourth-order valence-corrected chi connectivity index (χ4v) is 5.33. The van der Waals surface area contributed by atoms with Crippen molar-refractivity contribution in [2.45, 2.75) is 49.9 Å². The first-order valence-electron chi connectivity index (χ1n) is 10.4. The summed E-state index contributed by atoms with van der Waals surface area (Å²) in [6, 6.07) is 8.60. The van der Waals surface area contributed by atoms with Crippen LogP contribution in [-0.4, -0.2) is 33.8 Å². The minimum absolute atomic E-state index is 0.0447. The molecule has 3 rings (SSSR count). The van der Waals surface area contributed by atoms with Crippen molar-refractivity contribution < 1.29 is 35.9 Å². The van der Waals surface area contributed by atoms with Gasteiger partial charge in [-0.3, -0.25) is 4.79 Å². The van der Waals surface area contributed by atoms with Gasteiger partial charge in [-0.25, -0.2) is 13.1 Å². The van der Waals surface area contributed by atoms with Gasteiger partial charge in [0, 0.05) is 11.6 Å². The van der Waals surface area contributed by atoms with Crippen LogP contribution in [0.25, 0.3) is 0 Å². The minimum Gasteiger partial charge on any atom is -0.495 e. The Hall–Kier alpha value is -2.79. The molecule has 0 spiro atoms. The fraction of sp³-hybridized carbons (Fsp3) is 0.409. The first-order chi connectivity index (χ1) is 15.5. The second-order valence-electron chi connectivity index (χ2n) is 7.85. The Balaban J connectivity index is 1.87. The Morgan fingerprint density at radius 2 is 1.76 bits per heavy atom. The molecule has 1 fully saturated rings. The predicted octanol–water partition coefficient (Wildman–Crippen LogP) is 4.70. The van der Waals surface area contributed by atoms with E-state index in [0.29, 0.717) is 6.42 Å². The van der Waals surface area contributed by atoms with E-state index in [-0.39, 0.29) is 33.9 Å². The van der Waals surface area contributed by atoms with E-state index in [4.69, 9.17) is 4.74 Å². The van der Waals surface area contributed by atoms with Gasteiger partial charge in [-0.15, -0.1) is 13.2 Å². The summed E-state index contributed by atoms with van der Waals surface area (Å²) < 4.78 is 76.0. The molecule has 2 atom stereocenters. The standard InChI is InChI=1S/C22H25F3N2O5S/c1-14-7-3-4-8-16(14)27-33(29,30)20-13-15(11-12-19(20)31-2)21(28)26-17-9-5-6-10-18(17)32-22(23,24)25/h5-6,9-14,16,27H,3-4,7-8H2,1-2H3,(H,26,28). The summed E-state index contributed by atoms with van der Waals surface area (Å²) in [4.78, 5) is 12.5. The zero-order chi connectivity index (χ0) is 24.2. The van der Waals surface area contributed by atoms with Crippen molar-refractivity contribution in [3.8, 4) is 11.5 Å². The number of nitrogens with one attached hydrogen (secondary N) is 2. The number of methoxy groups -OCH3 is 1. The minimum atomic E-state index is -4.94. The van der Waals surface area contributed by atoms with Gasteiger partial charge in [-0.2, -0.15) is 0 Å². The maximum atomic E-state index is 13.1. The molecule has 11 heteroatoms. The van der Waals surface area contributed by atoms with Crippen LogP contribution in [0, 0.1) is 5.92 Å². The topological polar surface area (TPSA) is 93.7 Å². The lowest BCUT2D eigenvalue weighted by Gasteiger charge is -2.29. The lowest BCUT2D eigenvalue weighted by atomic mass is 9.87. The van der Waals surface area contributed by atoms with Crippen LogP contribution in [0.1, 0.15) is 43.0 Å². The van der Waals surface area contributed by atoms with Crippen LogP contribution in [0.4, 0.5) is 18.9 Å². The zero-order valence-electron chi connectivity index (χ0n) is 18.1. The number of hydrogen-bond donors (Lipinski definition) is 2. The molecule has 2 aromatic rings. The predicted molar refractivity (Wildman–Crippen MR) is 116 cm³/mol. The summed E-state index contributed by atoms with van der Waals surface area (Å²) in [7, 11) is -2.72. The normalized spacial score (nSPS) is 19.1. The third-order valence-corrected chi connectivity index (χ3v) is 7.01. The molecule has 0 bridgehead atoms. The Bertz CT molecular complexity index is 1110. The average Bonchev–Trinajstić information content (AvgIpc) is 2.75. The second-order valence-corrected chi connectivity index (χ2v) is 9.54. The van der Waals surface area contributed by atoms with Gasteiger partial charge in [-0.05, 0) is 49.1 Å². The van der Waals surface area contributed by atoms with Gasteiger partial charge in [0.25, 0.3) is 5.91 Å². The van der Waals surface area contributed by atoms with Gasteiger partial charge >= 0.3 is 6.36 Å². The SMILES string of the molecule is COc1ccc(C(=O)Nc2ccccc2OC(F)(F)F)cc1S(=O)(=O)NC1CCCCC1C. The van der Waals surface area contributed by atoms with Crippen molar-refractivity contribution in [2.75, 3.05) is 12.4 Å². The average molecular weight is 487 g/mol. The van der Waals surface area contributed by atoms with E-state index in [1.807, 2.05) is 6.92 Å². The number of halogens is 3. The van der Waals surface area contributed by atoms with Crippen LogP contribution in [0.3, 0.4) is 0 Å². The number of para-hydroxylation sites is 2. The summed E-state index contributed by atoms with van der Waals surface area (Å²) in [5, 5.41) is 2.33. The number of benzene rings is 2. The van der Waals surface area contributed by atoms with Crippen LogP contribution in [0.15, 0.2) is 47.4 Å². The molecule has 7 nitrogen and oxygen atoms in total. The molecule has 2 aromatic carbocycles. The van der Waals surface area contributed by atoms with E-state index >= 15 is 0 Å². The number of hydrogen-bond acceptors (Lipinski definition) is 5. The van der Waals surface area contributed by atoms with Gasteiger partial charge in [0.05, 0.1) is 12.8 Å². The molecule has 1 aliphatic carbocycles. The van der Waals surface area contributed by atoms with E-state index in [1.54, 1.807) is 0 Å². The molecule has 0 aliphatic heterocycles. The third-order valence-electron chi connectivity index (χ3n) is 5.49. The van der Waals surface area contributed by atoms with Crippen molar-refractivity contribution in [1.29, 1.82) is 0 Å². The molecule has 180 valence electrons. The Kier molecular flexibility index (Phi) is 7.53. The van der Waals surface area contributed by atoms with Crippen molar-refractivity contribution in [1.82, 2.24) is 4.72 Å². The first-order valence-corrected chi connectivity index (χ1v) is 11.8. The van der Waals surface area contributed by atoms with Crippen molar-refractivity contribution in [3.05, 3.63) is 48.0 Å². The van der Waals surface area contributed by atoms with Gasteiger partial charge in [0.1, 0.15) is 10.6 Å². The van der Waals surface area contributed by atoms with E-state index in [9.17, 15) is 26.4 Å². The molecule has 1 aliphatic rings. The van der Waals surface area contributed by atoms with Crippen LogP contribution in [0.2, 0.25) is 0 Å². The highest BCUT2D eigenvalue weighted by Crippen LogP contribution is 2.32. The van der Waals surface area contributed by atoms with Crippen LogP contribution in [-0.2, 0) is 10.0 Å². The molecule has 1 amide bonds. The molecule has 0 aromatic heterocycles. The number of ether oxygens (including phenoxy) is 2. The molecule has 0 heterocycles. The zero-order valence-corrected chi connectivity index (χ0v) is 18.9. The summed E-state index contributed by atoms with van der Waals surface area (Å²) in [6.45, 7) is 1.98. The van der Waals surface area contributed by atoms with Crippen LogP contribution < -0.4 is 19.5 Å². The first kappa shape index (κ1) is 24.8. The number of sulfonamides is 1. The smallest absolute Gasteiger partial charge is 0.495 e. The van der Waals surface area contributed by atoms with E-state index in [2.05, 4.69) is 14.8 Å². The van der Waals surface area contributed by atoms with Crippen molar-refractivity contribution in [3.63, 3.8) is 0 Å². The van der Waals surface area contributed by atoms with Crippen LogP contribution >= 0.6 is 0 Å². The monoisotopic (exact) mass is 486 g/mol. The number of carbonyl (C=O) groups excluding carboxylic acids is 1. The van der Waals surface area contributed by atoms with Gasteiger partial charge < -0.3 is 14.8 Å². The summed E-state index contributed by atoms with van der Waals surface area (Å²) >= 11 is 0. The van der Waals surface area contributed by atoms with Crippen molar-refractivity contribution >= 4 is 21.6 Å².